The van der Waals surface area contributed by atoms with Crippen LogP contribution in [0.3, 0.4) is 0 Å². The molecule has 4 nitrogen and oxygen atoms in total. The molecule has 0 saturated heterocycles. The summed E-state index contributed by atoms with van der Waals surface area (Å²) in [5.41, 5.74) is 5.43. The standard InChI is InChI=1S/C14H20BrFN2O2S/c1-14(2)5-3-4-9(8-14)18-21(19,20)13-7-12(17)11(16)6-10(13)15/h6-7,9,18H,3-5,8,17H2,1-2H3. The summed E-state index contributed by atoms with van der Waals surface area (Å²) in [6, 6.07) is 2.13. The molecule has 1 aliphatic rings. The Morgan fingerprint density at radius 2 is 2.10 bits per heavy atom. The first-order valence-corrected chi connectivity index (χ1v) is 9.15. The lowest BCUT2D eigenvalue weighted by Crippen LogP contribution is -2.40. The summed E-state index contributed by atoms with van der Waals surface area (Å²) in [6.45, 7) is 4.28. The van der Waals surface area contributed by atoms with Gasteiger partial charge in [-0.2, -0.15) is 0 Å². The fourth-order valence-electron chi connectivity index (χ4n) is 2.83. The summed E-state index contributed by atoms with van der Waals surface area (Å²) in [4.78, 5) is -0.0234. The number of anilines is 1. The molecule has 1 unspecified atom stereocenters. The van der Waals surface area contributed by atoms with E-state index < -0.39 is 15.8 Å². The fraction of sp³-hybridized carbons (Fsp3) is 0.571. The van der Waals surface area contributed by atoms with Crippen molar-refractivity contribution in [2.24, 2.45) is 5.41 Å². The number of nitrogens with two attached hydrogens (primary N) is 1. The predicted molar refractivity (Wildman–Crippen MR) is 84.9 cm³/mol. The van der Waals surface area contributed by atoms with Crippen LogP contribution in [0.15, 0.2) is 21.5 Å². The Morgan fingerprint density at radius 1 is 1.43 bits per heavy atom. The van der Waals surface area contributed by atoms with E-state index in [1.807, 2.05) is 0 Å². The Labute approximate surface area is 133 Å². The molecule has 0 amide bonds. The molecule has 3 N–H and O–H groups in total. The Hall–Kier alpha value is -0.660. The van der Waals surface area contributed by atoms with Crippen LogP contribution in [0.25, 0.3) is 0 Å². The molecule has 1 aromatic rings. The van der Waals surface area contributed by atoms with Gasteiger partial charge in [-0.15, -0.1) is 0 Å². The van der Waals surface area contributed by atoms with Crippen molar-refractivity contribution in [2.75, 3.05) is 5.73 Å². The van der Waals surface area contributed by atoms with Gasteiger partial charge >= 0.3 is 0 Å². The highest BCUT2D eigenvalue weighted by molar-refractivity contribution is 9.10. The van der Waals surface area contributed by atoms with Crippen molar-refractivity contribution in [3.8, 4) is 0 Å². The van der Waals surface area contributed by atoms with Crippen molar-refractivity contribution in [1.29, 1.82) is 0 Å². The number of benzene rings is 1. The van der Waals surface area contributed by atoms with Gasteiger partial charge in [0.1, 0.15) is 5.82 Å². The lowest BCUT2D eigenvalue weighted by Gasteiger charge is -2.35. The Balaban J connectivity index is 2.25. The molecule has 1 saturated carbocycles. The number of nitrogen functional groups attached to an aromatic ring is 1. The van der Waals surface area contributed by atoms with Crippen molar-refractivity contribution in [3.63, 3.8) is 0 Å². The Bertz CT molecular complexity index is 647. The highest BCUT2D eigenvalue weighted by atomic mass is 79.9. The first-order chi connectivity index (χ1) is 9.61. The van der Waals surface area contributed by atoms with Gasteiger partial charge in [-0.1, -0.05) is 20.3 Å². The van der Waals surface area contributed by atoms with Gasteiger partial charge in [0.2, 0.25) is 10.0 Å². The van der Waals surface area contributed by atoms with Crippen LogP contribution in [0, 0.1) is 11.2 Å². The number of rotatable bonds is 3. The number of hydrogen-bond acceptors (Lipinski definition) is 3. The molecule has 0 aliphatic heterocycles. The summed E-state index contributed by atoms with van der Waals surface area (Å²) >= 11 is 3.09. The second-order valence-corrected chi connectivity index (χ2v) is 8.92. The molecule has 0 spiro atoms. The molecule has 1 fully saturated rings. The molecule has 0 bridgehead atoms. The normalized spacial score (nSPS) is 22.2. The second kappa shape index (κ2) is 5.85. The molecule has 0 aromatic heterocycles. The average molecular weight is 379 g/mol. The van der Waals surface area contributed by atoms with Crippen LogP contribution in [0.5, 0.6) is 0 Å². The highest BCUT2D eigenvalue weighted by Crippen LogP contribution is 2.36. The lowest BCUT2D eigenvalue weighted by atomic mass is 9.75. The van der Waals surface area contributed by atoms with E-state index in [9.17, 15) is 12.8 Å². The topological polar surface area (TPSA) is 72.2 Å². The fourth-order valence-corrected chi connectivity index (χ4v) is 5.15. The maximum atomic E-state index is 13.3. The summed E-state index contributed by atoms with van der Waals surface area (Å²) < 4.78 is 41.2. The molecule has 2 rings (SSSR count). The second-order valence-electron chi connectivity index (χ2n) is 6.38. The van der Waals surface area contributed by atoms with Crippen molar-refractivity contribution in [3.05, 3.63) is 22.4 Å². The molecule has 7 heteroatoms. The van der Waals surface area contributed by atoms with E-state index in [0.717, 1.165) is 37.8 Å². The van der Waals surface area contributed by atoms with Gasteiger partial charge in [-0.3, -0.25) is 0 Å². The molecule has 1 aromatic carbocycles. The molecule has 1 aliphatic carbocycles. The van der Waals surface area contributed by atoms with Crippen LogP contribution >= 0.6 is 15.9 Å². The van der Waals surface area contributed by atoms with E-state index >= 15 is 0 Å². The summed E-state index contributed by atoms with van der Waals surface area (Å²) in [6.07, 6.45) is 3.70. The van der Waals surface area contributed by atoms with E-state index in [4.69, 9.17) is 5.73 Å². The quantitative estimate of drug-likeness (QED) is 0.791. The third kappa shape index (κ3) is 3.96. The minimum Gasteiger partial charge on any atom is -0.396 e. The molecule has 0 heterocycles. The largest absolute Gasteiger partial charge is 0.396 e. The van der Waals surface area contributed by atoms with Gasteiger partial charge in [0.15, 0.2) is 0 Å². The number of hydrogen-bond donors (Lipinski definition) is 2. The Morgan fingerprint density at radius 3 is 2.71 bits per heavy atom. The van der Waals surface area contributed by atoms with Gasteiger partial charge < -0.3 is 5.73 Å². The van der Waals surface area contributed by atoms with Gasteiger partial charge in [0, 0.05) is 10.5 Å². The third-order valence-electron chi connectivity index (χ3n) is 3.87. The summed E-state index contributed by atoms with van der Waals surface area (Å²) in [5, 5.41) is 0. The molecule has 118 valence electrons. The number of sulfonamides is 1. The van der Waals surface area contributed by atoms with Gasteiger partial charge in [-0.05, 0) is 52.7 Å². The van der Waals surface area contributed by atoms with E-state index in [1.54, 1.807) is 0 Å². The maximum absolute atomic E-state index is 13.3. The zero-order valence-electron chi connectivity index (χ0n) is 12.1. The summed E-state index contributed by atoms with van der Waals surface area (Å²) in [7, 11) is -3.72. The van der Waals surface area contributed by atoms with Gasteiger partial charge in [-0.25, -0.2) is 17.5 Å². The van der Waals surface area contributed by atoms with Crippen LogP contribution < -0.4 is 10.5 Å². The number of nitrogens with one attached hydrogen (secondary N) is 1. The summed E-state index contributed by atoms with van der Waals surface area (Å²) in [5.74, 6) is -0.639. The van der Waals surface area contributed by atoms with Crippen molar-refractivity contribution >= 4 is 31.6 Å². The van der Waals surface area contributed by atoms with E-state index in [1.165, 1.54) is 0 Å². The van der Waals surface area contributed by atoms with Crippen LogP contribution in [0.2, 0.25) is 0 Å². The van der Waals surface area contributed by atoms with Crippen LogP contribution in [0.1, 0.15) is 39.5 Å². The highest BCUT2D eigenvalue weighted by Gasteiger charge is 2.31. The van der Waals surface area contributed by atoms with Crippen molar-refractivity contribution in [2.45, 2.75) is 50.5 Å². The predicted octanol–water partition coefficient (Wildman–Crippen LogP) is 3.42. The monoisotopic (exact) mass is 378 g/mol. The zero-order chi connectivity index (χ0) is 15.8. The SMILES string of the molecule is CC1(C)CCCC(NS(=O)(=O)c2cc(N)c(F)cc2Br)C1. The van der Waals surface area contributed by atoms with E-state index in [2.05, 4.69) is 34.5 Å². The molecular formula is C14H20BrFN2O2S. The zero-order valence-corrected chi connectivity index (χ0v) is 14.5. The first-order valence-electron chi connectivity index (χ1n) is 6.88. The van der Waals surface area contributed by atoms with Crippen LogP contribution in [0.4, 0.5) is 10.1 Å². The minimum atomic E-state index is -3.72. The molecular weight excluding hydrogens is 359 g/mol. The van der Waals surface area contributed by atoms with Crippen molar-refractivity contribution in [1.82, 2.24) is 4.72 Å². The van der Waals surface area contributed by atoms with E-state index in [0.29, 0.717) is 0 Å². The first kappa shape index (κ1) is 16.7. The Kier molecular flexibility index (Phi) is 4.66. The van der Waals surface area contributed by atoms with Gasteiger partial charge in [0.05, 0.1) is 10.6 Å². The molecule has 1 atom stereocenters. The minimum absolute atomic E-state index is 0.0234. The number of halogens is 2. The lowest BCUT2D eigenvalue weighted by molar-refractivity contribution is 0.212. The van der Waals surface area contributed by atoms with Gasteiger partial charge in [0.25, 0.3) is 0 Å². The van der Waals surface area contributed by atoms with Crippen molar-refractivity contribution < 1.29 is 12.8 Å². The third-order valence-corrected chi connectivity index (χ3v) is 6.35. The average Bonchev–Trinajstić information content (AvgIpc) is 2.31. The molecule has 0 radical (unpaired) electrons. The maximum Gasteiger partial charge on any atom is 0.242 e. The molecule has 21 heavy (non-hydrogen) atoms. The smallest absolute Gasteiger partial charge is 0.242 e. The van der Waals surface area contributed by atoms with Crippen LogP contribution in [-0.2, 0) is 10.0 Å². The van der Waals surface area contributed by atoms with E-state index in [-0.39, 0.29) is 26.5 Å². The van der Waals surface area contributed by atoms with Crippen LogP contribution in [-0.4, -0.2) is 14.5 Å².